The molecule has 9 rings (SSSR count). The molecule has 0 amide bonds. The number of aromatic nitrogens is 3. The Morgan fingerprint density at radius 2 is 1.15 bits per heavy atom. The third-order valence-electron chi connectivity index (χ3n) is 9.01. The summed E-state index contributed by atoms with van der Waals surface area (Å²) in [4.78, 5) is 13.7. The summed E-state index contributed by atoms with van der Waals surface area (Å²) in [5, 5.41) is 8.16. The number of nitrogens with one attached hydrogen (secondary N) is 1. The zero-order chi connectivity index (χ0) is 31.9. The standard InChI is InChI=1S/C42H28N4O2/c1-2-6-27(7-3-1)28-10-12-29(13-11-28)30-14-15-35-36(20-30)42(38-22-32(17-19-44-38)40-24-48-26-46-40)34-9-5-4-8-33(34)41(35)37-21-31(16-18-43-37)39-23-47-25-45-39/h1-18,20-26,44H,19H2. The molecule has 0 radical (unpaired) electrons. The van der Waals surface area contributed by atoms with Crippen molar-refractivity contribution in [1.82, 2.24) is 20.3 Å². The summed E-state index contributed by atoms with van der Waals surface area (Å²) in [5.74, 6) is 0. The zero-order valence-corrected chi connectivity index (χ0v) is 25.8. The molecule has 0 unspecified atom stereocenters. The Hall–Kier alpha value is -6.53. The van der Waals surface area contributed by atoms with Crippen molar-refractivity contribution >= 4 is 32.8 Å². The minimum atomic E-state index is 0.674. The van der Waals surface area contributed by atoms with E-state index in [1.165, 1.54) is 23.9 Å². The molecule has 6 nitrogen and oxygen atoms in total. The van der Waals surface area contributed by atoms with Gasteiger partial charge < -0.3 is 14.2 Å². The number of oxazole rings is 2. The average molecular weight is 621 g/mol. The number of pyridine rings is 1. The van der Waals surface area contributed by atoms with Crippen LogP contribution in [0.15, 0.2) is 162 Å². The summed E-state index contributed by atoms with van der Waals surface area (Å²) in [7, 11) is 0. The van der Waals surface area contributed by atoms with Crippen LogP contribution in [-0.2, 0) is 0 Å². The second kappa shape index (κ2) is 11.7. The molecule has 3 aromatic heterocycles. The largest absolute Gasteiger partial charge is 0.451 e. The molecule has 228 valence electrons. The fourth-order valence-electron chi connectivity index (χ4n) is 6.72. The van der Waals surface area contributed by atoms with E-state index in [1.807, 2.05) is 18.3 Å². The van der Waals surface area contributed by atoms with Gasteiger partial charge in [0.2, 0.25) is 0 Å². The van der Waals surface area contributed by atoms with Crippen molar-refractivity contribution in [3.8, 4) is 44.8 Å². The monoisotopic (exact) mass is 620 g/mol. The van der Waals surface area contributed by atoms with Gasteiger partial charge in [-0.25, -0.2) is 9.97 Å². The first-order valence-electron chi connectivity index (χ1n) is 15.8. The highest BCUT2D eigenvalue weighted by Gasteiger charge is 2.21. The number of allylic oxidation sites excluding steroid dienone is 2. The molecule has 0 saturated carbocycles. The van der Waals surface area contributed by atoms with Gasteiger partial charge in [0.15, 0.2) is 12.8 Å². The Kier molecular flexibility index (Phi) is 6.75. The van der Waals surface area contributed by atoms with Crippen molar-refractivity contribution in [2.75, 3.05) is 6.54 Å². The van der Waals surface area contributed by atoms with Gasteiger partial charge >= 0.3 is 0 Å². The summed E-state index contributed by atoms with van der Waals surface area (Å²) in [6.45, 7) is 0.674. The normalized spacial score (nSPS) is 12.9. The molecule has 8 aromatic rings. The molecule has 5 aromatic carbocycles. The van der Waals surface area contributed by atoms with E-state index in [0.717, 1.165) is 77.7 Å². The van der Waals surface area contributed by atoms with Crippen LogP contribution in [-0.4, -0.2) is 21.5 Å². The summed E-state index contributed by atoms with van der Waals surface area (Å²) in [6.07, 6.45) is 12.4. The van der Waals surface area contributed by atoms with Crippen molar-refractivity contribution in [3.63, 3.8) is 0 Å². The highest BCUT2D eigenvalue weighted by atomic mass is 16.3. The molecule has 1 aliphatic heterocycles. The molecule has 0 atom stereocenters. The van der Waals surface area contributed by atoms with Crippen molar-refractivity contribution in [2.24, 2.45) is 0 Å². The van der Waals surface area contributed by atoms with Crippen LogP contribution >= 0.6 is 0 Å². The van der Waals surface area contributed by atoms with Gasteiger partial charge in [0.25, 0.3) is 0 Å². The fraction of sp³-hybridized carbons (Fsp3) is 0.0238. The first-order chi connectivity index (χ1) is 23.8. The summed E-state index contributed by atoms with van der Waals surface area (Å²) in [5.41, 5.74) is 12.3. The van der Waals surface area contributed by atoms with Gasteiger partial charge in [-0.2, -0.15) is 0 Å². The number of fused-ring (bicyclic) bond motifs is 2. The molecule has 0 bridgehead atoms. The van der Waals surface area contributed by atoms with Gasteiger partial charge in [-0.05, 0) is 68.1 Å². The maximum Gasteiger partial charge on any atom is 0.181 e. The van der Waals surface area contributed by atoms with Crippen LogP contribution in [0.3, 0.4) is 0 Å². The lowest BCUT2D eigenvalue weighted by atomic mass is 9.86. The fourth-order valence-corrected chi connectivity index (χ4v) is 6.72. The molecule has 1 aliphatic rings. The summed E-state index contributed by atoms with van der Waals surface area (Å²) < 4.78 is 10.6. The molecule has 0 fully saturated rings. The van der Waals surface area contributed by atoms with Crippen LogP contribution in [0.2, 0.25) is 0 Å². The van der Waals surface area contributed by atoms with Crippen LogP contribution < -0.4 is 5.32 Å². The van der Waals surface area contributed by atoms with Gasteiger partial charge in [-0.15, -0.1) is 0 Å². The predicted octanol–water partition coefficient (Wildman–Crippen LogP) is 10.1. The second-order valence-electron chi connectivity index (χ2n) is 11.8. The van der Waals surface area contributed by atoms with Crippen LogP contribution in [0.4, 0.5) is 0 Å². The molecule has 6 heteroatoms. The van der Waals surface area contributed by atoms with E-state index in [9.17, 15) is 0 Å². The van der Waals surface area contributed by atoms with E-state index in [-0.39, 0.29) is 0 Å². The van der Waals surface area contributed by atoms with Crippen molar-refractivity contribution in [3.05, 3.63) is 164 Å². The Balaban J connectivity index is 1.29. The molecule has 0 aliphatic carbocycles. The number of hydrogen-bond donors (Lipinski definition) is 1. The summed E-state index contributed by atoms with van der Waals surface area (Å²) in [6, 6.07) is 38.7. The van der Waals surface area contributed by atoms with Crippen LogP contribution in [0.5, 0.6) is 0 Å². The Morgan fingerprint density at radius 1 is 0.500 bits per heavy atom. The minimum Gasteiger partial charge on any atom is -0.451 e. The zero-order valence-electron chi connectivity index (χ0n) is 25.8. The Bertz CT molecular complexity index is 2480. The van der Waals surface area contributed by atoms with Crippen molar-refractivity contribution < 1.29 is 8.83 Å². The highest BCUT2D eigenvalue weighted by Crippen LogP contribution is 2.43. The van der Waals surface area contributed by atoms with Gasteiger partial charge in [0.1, 0.15) is 23.9 Å². The van der Waals surface area contributed by atoms with Crippen molar-refractivity contribution in [2.45, 2.75) is 0 Å². The molecule has 48 heavy (non-hydrogen) atoms. The van der Waals surface area contributed by atoms with Gasteiger partial charge in [-0.1, -0.05) is 97.1 Å². The molecular weight excluding hydrogens is 592 g/mol. The van der Waals surface area contributed by atoms with E-state index in [2.05, 4.69) is 124 Å². The SMILES string of the molecule is C1=C(c2cocn2)C=C(c2c3ccccc3c(-c3cc(-c4cocn4)ccn3)c3ccc(-c4ccc(-c5ccccc5)cc4)cc23)NC1. The molecule has 0 spiro atoms. The van der Waals surface area contributed by atoms with Crippen molar-refractivity contribution in [1.29, 1.82) is 0 Å². The molecular formula is C42H28N4O2. The first-order valence-corrected chi connectivity index (χ1v) is 15.8. The lowest BCUT2D eigenvalue weighted by Gasteiger charge is -2.22. The summed E-state index contributed by atoms with van der Waals surface area (Å²) >= 11 is 0. The predicted molar refractivity (Wildman–Crippen MR) is 192 cm³/mol. The topological polar surface area (TPSA) is 77.0 Å². The second-order valence-corrected chi connectivity index (χ2v) is 11.8. The third kappa shape index (κ3) is 4.87. The number of hydrogen-bond acceptors (Lipinski definition) is 6. The lowest BCUT2D eigenvalue weighted by Crippen LogP contribution is -2.17. The van der Waals surface area contributed by atoms with Crippen LogP contribution in [0.1, 0.15) is 11.3 Å². The lowest BCUT2D eigenvalue weighted by molar-refractivity contribution is 0.557. The smallest absolute Gasteiger partial charge is 0.181 e. The van der Waals surface area contributed by atoms with Gasteiger partial charge in [0.05, 0.1) is 5.69 Å². The van der Waals surface area contributed by atoms with Crippen LogP contribution in [0.25, 0.3) is 77.6 Å². The highest BCUT2D eigenvalue weighted by molar-refractivity contribution is 6.19. The van der Waals surface area contributed by atoms with E-state index in [0.29, 0.717) is 6.54 Å². The Labute approximate surface area is 276 Å². The van der Waals surface area contributed by atoms with E-state index < -0.39 is 0 Å². The van der Waals surface area contributed by atoms with Gasteiger partial charge in [-0.3, -0.25) is 4.98 Å². The van der Waals surface area contributed by atoms with Gasteiger partial charge in [0, 0.05) is 40.7 Å². The number of benzene rings is 5. The third-order valence-corrected chi connectivity index (χ3v) is 9.01. The van der Waals surface area contributed by atoms with Crippen LogP contribution in [0, 0.1) is 0 Å². The molecule has 0 saturated heterocycles. The maximum atomic E-state index is 5.33. The molecule has 1 N–H and O–H groups in total. The number of nitrogens with zero attached hydrogens (tertiary/aromatic N) is 3. The number of dihydropyridines is 1. The van der Waals surface area contributed by atoms with E-state index >= 15 is 0 Å². The quantitative estimate of drug-likeness (QED) is 0.186. The van der Waals surface area contributed by atoms with E-state index in [1.54, 1.807) is 12.5 Å². The van der Waals surface area contributed by atoms with E-state index in [4.69, 9.17) is 13.8 Å². The number of rotatable bonds is 6. The Morgan fingerprint density at radius 3 is 1.90 bits per heavy atom. The molecule has 4 heterocycles. The average Bonchev–Trinajstić information content (AvgIpc) is 3.90. The first kappa shape index (κ1) is 27.8. The maximum absolute atomic E-state index is 5.33. The minimum absolute atomic E-state index is 0.674.